The zero-order chi connectivity index (χ0) is 16.4. The summed E-state index contributed by atoms with van der Waals surface area (Å²) in [5.74, 6) is -0.293. The maximum Gasteiger partial charge on any atom is 0.321 e. The van der Waals surface area contributed by atoms with Gasteiger partial charge in [-0.15, -0.1) is 0 Å². The summed E-state index contributed by atoms with van der Waals surface area (Å²) >= 11 is 1.45. The molecule has 0 aliphatic rings. The molecule has 0 radical (unpaired) electrons. The molecule has 23 heavy (non-hydrogen) atoms. The second-order valence-electron chi connectivity index (χ2n) is 5.38. The maximum absolute atomic E-state index is 12.8. The van der Waals surface area contributed by atoms with E-state index in [9.17, 15) is 9.18 Å². The summed E-state index contributed by atoms with van der Waals surface area (Å²) in [4.78, 5) is 16.4. The van der Waals surface area contributed by atoms with Gasteiger partial charge in [0, 0.05) is 6.54 Å². The molecule has 0 aliphatic heterocycles. The zero-order valence-electron chi connectivity index (χ0n) is 12.8. The van der Waals surface area contributed by atoms with E-state index in [4.69, 9.17) is 0 Å². The Balaban J connectivity index is 1.65. The molecule has 3 aromatic rings. The highest BCUT2D eigenvalue weighted by atomic mass is 32.1. The predicted molar refractivity (Wildman–Crippen MR) is 91.4 cm³/mol. The highest BCUT2D eigenvalue weighted by Gasteiger charge is 2.09. The number of rotatable bonds is 3. The number of hydrogen-bond acceptors (Lipinski definition) is 3. The Morgan fingerprint density at radius 1 is 1.22 bits per heavy atom. The van der Waals surface area contributed by atoms with Gasteiger partial charge in [0.2, 0.25) is 0 Å². The normalized spacial score (nSPS) is 10.7. The van der Waals surface area contributed by atoms with Crippen molar-refractivity contribution < 1.29 is 9.18 Å². The van der Waals surface area contributed by atoms with Crippen molar-refractivity contribution in [2.24, 2.45) is 0 Å². The molecule has 118 valence electrons. The van der Waals surface area contributed by atoms with Gasteiger partial charge in [-0.1, -0.05) is 29.5 Å². The van der Waals surface area contributed by atoms with Crippen molar-refractivity contribution in [3.63, 3.8) is 0 Å². The van der Waals surface area contributed by atoms with E-state index in [2.05, 4.69) is 21.7 Å². The van der Waals surface area contributed by atoms with E-state index in [1.165, 1.54) is 23.5 Å². The van der Waals surface area contributed by atoms with E-state index in [1.807, 2.05) is 19.9 Å². The summed E-state index contributed by atoms with van der Waals surface area (Å²) in [6.07, 6.45) is 0. The second kappa shape index (κ2) is 6.34. The van der Waals surface area contributed by atoms with Gasteiger partial charge in [-0.2, -0.15) is 0 Å². The van der Waals surface area contributed by atoms with Crippen LogP contribution in [0.3, 0.4) is 0 Å². The molecule has 0 spiro atoms. The van der Waals surface area contributed by atoms with Crippen molar-refractivity contribution in [3.05, 3.63) is 58.9 Å². The Kier molecular flexibility index (Phi) is 4.25. The van der Waals surface area contributed by atoms with Crippen molar-refractivity contribution in [1.29, 1.82) is 0 Å². The van der Waals surface area contributed by atoms with E-state index in [0.717, 1.165) is 26.9 Å². The molecule has 0 aliphatic carbocycles. The Labute approximate surface area is 137 Å². The highest BCUT2D eigenvalue weighted by Crippen LogP contribution is 2.29. The van der Waals surface area contributed by atoms with Crippen LogP contribution in [-0.4, -0.2) is 11.0 Å². The Morgan fingerprint density at radius 2 is 1.96 bits per heavy atom. The molecule has 2 N–H and O–H groups in total. The lowest BCUT2D eigenvalue weighted by molar-refractivity contribution is 0.251. The fourth-order valence-corrected chi connectivity index (χ4v) is 3.27. The first kappa shape index (κ1) is 15.4. The van der Waals surface area contributed by atoms with Crippen LogP contribution in [0.25, 0.3) is 10.2 Å². The molecule has 1 heterocycles. The van der Waals surface area contributed by atoms with Gasteiger partial charge in [0.25, 0.3) is 0 Å². The molecule has 0 atom stereocenters. The van der Waals surface area contributed by atoms with Crippen LogP contribution in [0.15, 0.2) is 36.4 Å². The summed E-state index contributed by atoms with van der Waals surface area (Å²) in [6, 6.07) is 9.78. The molecule has 2 amide bonds. The van der Waals surface area contributed by atoms with Crippen molar-refractivity contribution in [1.82, 2.24) is 10.3 Å². The average Bonchev–Trinajstić information content (AvgIpc) is 2.89. The molecule has 3 rings (SSSR count). The quantitative estimate of drug-likeness (QED) is 0.749. The maximum atomic E-state index is 12.8. The first-order chi connectivity index (χ1) is 11.0. The number of fused-ring (bicyclic) bond motifs is 1. The van der Waals surface area contributed by atoms with Crippen LogP contribution in [0.2, 0.25) is 0 Å². The van der Waals surface area contributed by atoms with Gasteiger partial charge in [0.15, 0.2) is 5.13 Å². The van der Waals surface area contributed by atoms with Crippen molar-refractivity contribution in [2.75, 3.05) is 5.32 Å². The number of carbonyl (C=O) groups is 1. The van der Waals surface area contributed by atoms with E-state index >= 15 is 0 Å². The molecule has 1 aromatic heterocycles. The number of nitrogens with one attached hydrogen (secondary N) is 2. The summed E-state index contributed by atoms with van der Waals surface area (Å²) < 4.78 is 13.9. The van der Waals surface area contributed by atoms with Crippen LogP contribution < -0.4 is 10.6 Å². The minimum absolute atomic E-state index is 0.293. The first-order valence-corrected chi connectivity index (χ1v) is 8.00. The Hall–Kier alpha value is -2.47. The third-order valence-corrected chi connectivity index (χ3v) is 4.53. The molecule has 0 saturated carbocycles. The third-order valence-electron chi connectivity index (χ3n) is 3.41. The summed E-state index contributed by atoms with van der Waals surface area (Å²) in [5.41, 5.74) is 4.02. The first-order valence-electron chi connectivity index (χ1n) is 7.18. The number of amides is 2. The van der Waals surface area contributed by atoms with Crippen molar-refractivity contribution in [2.45, 2.75) is 20.4 Å². The van der Waals surface area contributed by atoms with Gasteiger partial charge in [0.05, 0.1) is 10.2 Å². The molecule has 4 nitrogen and oxygen atoms in total. The Morgan fingerprint density at radius 3 is 2.70 bits per heavy atom. The SMILES string of the molecule is Cc1cc(C)c2sc(NC(=O)NCc3ccc(F)cc3)nc2c1. The van der Waals surface area contributed by atoms with Crippen molar-refractivity contribution in [3.8, 4) is 0 Å². The van der Waals surface area contributed by atoms with Gasteiger partial charge in [-0.3, -0.25) is 5.32 Å². The average molecular weight is 329 g/mol. The number of thiazole rings is 1. The summed E-state index contributed by atoms with van der Waals surface area (Å²) in [7, 11) is 0. The summed E-state index contributed by atoms with van der Waals surface area (Å²) in [5, 5.41) is 6.03. The number of halogens is 1. The summed E-state index contributed by atoms with van der Waals surface area (Å²) in [6.45, 7) is 4.38. The van der Waals surface area contributed by atoms with Crippen LogP contribution in [0.4, 0.5) is 14.3 Å². The lowest BCUT2D eigenvalue weighted by Crippen LogP contribution is -2.28. The van der Waals surface area contributed by atoms with Crippen LogP contribution in [0, 0.1) is 19.7 Å². The number of hydrogen-bond donors (Lipinski definition) is 2. The van der Waals surface area contributed by atoms with E-state index in [1.54, 1.807) is 12.1 Å². The minimum Gasteiger partial charge on any atom is -0.334 e. The topological polar surface area (TPSA) is 54.0 Å². The number of aryl methyl sites for hydroxylation is 2. The standard InChI is InChI=1S/C17H16FN3OS/c1-10-7-11(2)15-14(8-10)20-17(23-15)21-16(22)19-9-12-3-5-13(18)6-4-12/h3-8H,9H2,1-2H3,(H2,19,20,21,22). The largest absolute Gasteiger partial charge is 0.334 e. The monoisotopic (exact) mass is 329 g/mol. The number of urea groups is 1. The fourth-order valence-electron chi connectivity index (χ4n) is 2.36. The van der Waals surface area contributed by atoms with E-state index in [0.29, 0.717) is 11.7 Å². The minimum atomic E-state index is -0.331. The molecule has 0 unspecified atom stereocenters. The zero-order valence-corrected chi connectivity index (χ0v) is 13.6. The van der Waals surface area contributed by atoms with Gasteiger partial charge in [-0.05, 0) is 48.7 Å². The highest BCUT2D eigenvalue weighted by molar-refractivity contribution is 7.22. The molecule has 2 aromatic carbocycles. The van der Waals surface area contributed by atoms with Crippen molar-refractivity contribution >= 4 is 32.7 Å². The Bertz CT molecular complexity index is 858. The second-order valence-corrected chi connectivity index (χ2v) is 6.38. The number of nitrogens with zero attached hydrogens (tertiary/aromatic N) is 1. The smallest absolute Gasteiger partial charge is 0.321 e. The lowest BCUT2D eigenvalue weighted by atomic mass is 10.1. The molecule has 0 bridgehead atoms. The van der Waals surface area contributed by atoms with Crippen LogP contribution in [0.5, 0.6) is 0 Å². The van der Waals surface area contributed by atoms with Crippen LogP contribution in [0.1, 0.15) is 16.7 Å². The van der Waals surface area contributed by atoms with Gasteiger partial charge in [-0.25, -0.2) is 14.2 Å². The molecule has 6 heteroatoms. The van der Waals surface area contributed by atoms with Gasteiger partial charge >= 0.3 is 6.03 Å². The van der Waals surface area contributed by atoms with E-state index in [-0.39, 0.29) is 11.8 Å². The lowest BCUT2D eigenvalue weighted by Gasteiger charge is -2.05. The number of aromatic nitrogens is 1. The number of benzene rings is 2. The molecule has 0 fully saturated rings. The number of anilines is 1. The molecule has 0 saturated heterocycles. The van der Waals surface area contributed by atoms with Gasteiger partial charge < -0.3 is 5.32 Å². The predicted octanol–water partition coefficient (Wildman–Crippen LogP) is 4.37. The third kappa shape index (κ3) is 3.65. The van der Waals surface area contributed by atoms with Crippen LogP contribution >= 0.6 is 11.3 Å². The van der Waals surface area contributed by atoms with Gasteiger partial charge in [0.1, 0.15) is 5.82 Å². The molecular weight excluding hydrogens is 313 g/mol. The van der Waals surface area contributed by atoms with Crippen LogP contribution in [-0.2, 0) is 6.54 Å². The fraction of sp³-hybridized carbons (Fsp3) is 0.176. The molecular formula is C17H16FN3OS. The number of carbonyl (C=O) groups excluding carboxylic acids is 1. The van der Waals surface area contributed by atoms with E-state index < -0.39 is 0 Å².